The van der Waals surface area contributed by atoms with Crippen molar-refractivity contribution in [2.45, 2.75) is 33.2 Å². The maximum Gasteiger partial charge on any atom is 0.317 e. The Balaban J connectivity index is 3.94. The molecular weight excluding hydrogens is 250 g/mol. The van der Waals surface area contributed by atoms with Crippen LogP contribution in [0.3, 0.4) is 0 Å². The molecule has 0 saturated carbocycles. The van der Waals surface area contributed by atoms with Crippen LogP contribution in [-0.2, 0) is 9.59 Å². The van der Waals surface area contributed by atoms with E-state index in [9.17, 15) is 14.4 Å². The molecule has 0 spiro atoms. The van der Waals surface area contributed by atoms with Gasteiger partial charge in [0.1, 0.15) is 6.54 Å². The van der Waals surface area contributed by atoms with E-state index < -0.39 is 17.9 Å². The molecule has 1 unspecified atom stereocenters. The van der Waals surface area contributed by atoms with E-state index in [1.165, 1.54) is 11.9 Å². The van der Waals surface area contributed by atoms with Crippen molar-refractivity contribution in [3.05, 3.63) is 0 Å². The lowest BCUT2D eigenvalue weighted by Crippen LogP contribution is -2.45. The molecule has 7 heteroatoms. The summed E-state index contributed by atoms with van der Waals surface area (Å²) < 4.78 is 0. The Morgan fingerprint density at radius 1 is 1.21 bits per heavy atom. The van der Waals surface area contributed by atoms with Gasteiger partial charge >= 0.3 is 12.0 Å². The molecule has 0 aromatic heterocycles. The van der Waals surface area contributed by atoms with Crippen LogP contribution in [0.4, 0.5) is 4.79 Å². The first kappa shape index (κ1) is 17.2. The summed E-state index contributed by atoms with van der Waals surface area (Å²) in [4.78, 5) is 34.9. The fourth-order valence-corrected chi connectivity index (χ4v) is 1.31. The van der Waals surface area contributed by atoms with Crippen LogP contribution in [0.1, 0.15) is 27.2 Å². The molecule has 0 radical (unpaired) electrons. The number of hydrogen-bond donors (Lipinski definition) is 3. The summed E-state index contributed by atoms with van der Waals surface area (Å²) in [6.45, 7) is 5.49. The number of amides is 3. The molecular formula is C12H23N3O4. The number of hydrogen-bond acceptors (Lipinski definition) is 3. The summed E-state index contributed by atoms with van der Waals surface area (Å²) in [6, 6.07) is -0.364. The lowest BCUT2D eigenvalue weighted by molar-refractivity contribution is -0.141. The third-order valence-electron chi connectivity index (χ3n) is 2.45. The Kier molecular flexibility index (Phi) is 7.55. The first-order valence-corrected chi connectivity index (χ1v) is 6.25. The molecule has 3 amide bonds. The van der Waals surface area contributed by atoms with Gasteiger partial charge in [-0.2, -0.15) is 0 Å². The van der Waals surface area contributed by atoms with Gasteiger partial charge in [-0.25, -0.2) is 4.79 Å². The predicted molar refractivity (Wildman–Crippen MR) is 70.7 cm³/mol. The number of aliphatic carboxylic acids is 1. The molecule has 0 aromatic rings. The smallest absolute Gasteiger partial charge is 0.317 e. The molecule has 1 atom stereocenters. The summed E-state index contributed by atoms with van der Waals surface area (Å²) in [7, 11) is 1.51. The summed E-state index contributed by atoms with van der Waals surface area (Å²) >= 11 is 0. The fourth-order valence-electron chi connectivity index (χ4n) is 1.31. The van der Waals surface area contributed by atoms with Gasteiger partial charge in [0, 0.05) is 19.6 Å². The number of rotatable bonds is 7. The Morgan fingerprint density at radius 3 is 2.26 bits per heavy atom. The third kappa shape index (κ3) is 8.01. The van der Waals surface area contributed by atoms with Crippen molar-refractivity contribution in [1.29, 1.82) is 0 Å². The van der Waals surface area contributed by atoms with Crippen LogP contribution in [0.25, 0.3) is 0 Å². The number of nitrogens with one attached hydrogen (secondary N) is 2. The van der Waals surface area contributed by atoms with Gasteiger partial charge in [-0.15, -0.1) is 0 Å². The van der Waals surface area contributed by atoms with Gasteiger partial charge in [-0.1, -0.05) is 6.92 Å². The molecule has 0 fully saturated rings. The molecule has 110 valence electrons. The van der Waals surface area contributed by atoms with Crippen LogP contribution in [0.2, 0.25) is 0 Å². The second-order valence-electron chi connectivity index (χ2n) is 4.84. The Labute approximate surface area is 113 Å². The van der Waals surface area contributed by atoms with Crippen LogP contribution in [0.5, 0.6) is 0 Å². The van der Waals surface area contributed by atoms with Crippen LogP contribution in [-0.4, -0.2) is 54.1 Å². The molecule has 0 aliphatic carbocycles. The molecule has 3 N–H and O–H groups in total. The highest BCUT2D eigenvalue weighted by Gasteiger charge is 2.14. The molecule has 7 nitrogen and oxygen atoms in total. The van der Waals surface area contributed by atoms with Gasteiger partial charge < -0.3 is 20.6 Å². The zero-order valence-corrected chi connectivity index (χ0v) is 11.9. The van der Waals surface area contributed by atoms with Gasteiger partial charge in [0.2, 0.25) is 5.91 Å². The van der Waals surface area contributed by atoms with E-state index in [1.807, 2.05) is 13.8 Å². The Hall–Kier alpha value is -1.79. The van der Waals surface area contributed by atoms with E-state index in [4.69, 9.17) is 5.11 Å². The van der Waals surface area contributed by atoms with E-state index in [0.29, 0.717) is 6.42 Å². The van der Waals surface area contributed by atoms with Crippen LogP contribution < -0.4 is 10.6 Å². The average Bonchev–Trinajstić information content (AvgIpc) is 2.26. The second-order valence-corrected chi connectivity index (χ2v) is 4.84. The third-order valence-corrected chi connectivity index (χ3v) is 2.45. The van der Waals surface area contributed by atoms with Gasteiger partial charge in [-0.3, -0.25) is 9.59 Å². The minimum Gasteiger partial charge on any atom is -0.481 e. The summed E-state index contributed by atoms with van der Waals surface area (Å²) in [5, 5.41) is 13.9. The minimum absolute atomic E-state index is 0.0281. The molecule has 0 heterocycles. The standard InChI is InChI=1S/C12H23N3O4/c1-8(2)14-10(16)7-15(4)12(19)13-6-5-9(3)11(17)18/h8-9H,5-7H2,1-4H3,(H,13,19)(H,14,16)(H,17,18). The van der Waals surface area contributed by atoms with Crippen molar-refractivity contribution in [3.8, 4) is 0 Å². The lowest BCUT2D eigenvalue weighted by atomic mass is 10.1. The largest absolute Gasteiger partial charge is 0.481 e. The molecule has 0 aromatic carbocycles. The summed E-state index contributed by atoms with van der Waals surface area (Å²) in [6.07, 6.45) is 0.354. The maximum absolute atomic E-state index is 11.6. The lowest BCUT2D eigenvalue weighted by Gasteiger charge is -2.18. The van der Waals surface area contributed by atoms with Crippen molar-refractivity contribution in [3.63, 3.8) is 0 Å². The molecule has 0 saturated heterocycles. The first-order valence-electron chi connectivity index (χ1n) is 6.25. The van der Waals surface area contributed by atoms with E-state index in [2.05, 4.69) is 10.6 Å². The highest BCUT2D eigenvalue weighted by atomic mass is 16.4. The zero-order chi connectivity index (χ0) is 15.0. The molecule has 0 bridgehead atoms. The quantitative estimate of drug-likeness (QED) is 0.619. The zero-order valence-electron chi connectivity index (χ0n) is 11.9. The monoisotopic (exact) mass is 273 g/mol. The van der Waals surface area contributed by atoms with Crippen molar-refractivity contribution < 1.29 is 19.5 Å². The second kappa shape index (κ2) is 8.34. The van der Waals surface area contributed by atoms with Gasteiger partial charge in [0.05, 0.1) is 5.92 Å². The van der Waals surface area contributed by atoms with E-state index in [-0.39, 0.29) is 25.0 Å². The average molecular weight is 273 g/mol. The molecule has 19 heavy (non-hydrogen) atoms. The van der Waals surface area contributed by atoms with Crippen molar-refractivity contribution in [2.75, 3.05) is 20.1 Å². The fraction of sp³-hybridized carbons (Fsp3) is 0.750. The number of carboxylic acids is 1. The number of carbonyl (C=O) groups is 3. The van der Waals surface area contributed by atoms with Crippen LogP contribution in [0, 0.1) is 5.92 Å². The highest BCUT2D eigenvalue weighted by Crippen LogP contribution is 1.99. The predicted octanol–water partition coefficient (Wildman–Crippen LogP) is 0.263. The first-order chi connectivity index (χ1) is 8.73. The Bertz CT molecular complexity index is 331. The van der Waals surface area contributed by atoms with Crippen molar-refractivity contribution in [1.82, 2.24) is 15.5 Å². The molecule has 0 aliphatic rings. The van der Waals surface area contributed by atoms with Gasteiger partial charge in [0.15, 0.2) is 0 Å². The van der Waals surface area contributed by atoms with Crippen molar-refractivity contribution >= 4 is 17.9 Å². The van der Waals surface area contributed by atoms with E-state index >= 15 is 0 Å². The maximum atomic E-state index is 11.6. The van der Waals surface area contributed by atoms with Gasteiger partial charge in [-0.05, 0) is 20.3 Å². The summed E-state index contributed by atoms with van der Waals surface area (Å²) in [5.41, 5.74) is 0. The topological polar surface area (TPSA) is 98.7 Å². The number of likely N-dealkylation sites (N-methyl/N-ethyl adjacent to an activating group) is 1. The van der Waals surface area contributed by atoms with Crippen LogP contribution >= 0.6 is 0 Å². The normalized spacial score (nSPS) is 11.8. The minimum atomic E-state index is -0.890. The number of nitrogens with zero attached hydrogens (tertiary/aromatic N) is 1. The molecule has 0 rings (SSSR count). The van der Waals surface area contributed by atoms with Crippen molar-refractivity contribution in [2.24, 2.45) is 5.92 Å². The number of urea groups is 1. The van der Waals surface area contributed by atoms with Gasteiger partial charge in [0.25, 0.3) is 0 Å². The van der Waals surface area contributed by atoms with E-state index in [1.54, 1.807) is 6.92 Å². The number of carboxylic acid groups (broad SMARTS) is 1. The highest BCUT2D eigenvalue weighted by molar-refractivity contribution is 5.83. The van der Waals surface area contributed by atoms with E-state index in [0.717, 1.165) is 0 Å². The number of carbonyl (C=O) groups excluding carboxylic acids is 2. The Morgan fingerprint density at radius 2 is 1.79 bits per heavy atom. The summed E-state index contributed by atoms with van der Waals surface area (Å²) in [5.74, 6) is -1.62. The van der Waals surface area contributed by atoms with Crippen LogP contribution in [0.15, 0.2) is 0 Å². The molecule has 0 aliphatic heterocycles. The SMILES string of the molecule is CC(C)NC(=O)CN(C)C(=O)NCCC(C)C(=O)O.